The molecule has 0 aliphatic heterocycles. The average molecular weight is 339 g/mol. The van der Waals surface area contributed by atoms with Crippen LogP contribution in [0.1, 0.15) is 0 Å². The Kier molecular flexibility index (Phi) is 9.06. The minimum Gasteiger partial charge on any atom is -0.781 e. The van der Waals surface area contributed by atoms with Gasteiger partial charge in [0.15, 0.2) is 0 Å². The van der Waals surface area contributed by atoms with E-state index in [1.165, 1.54) is 0 Å². The average Bonchev–Trinajstić information content (AvgIpc) is 1.27. The van der Waals surface area contributed by atoms with Gasteiger partial charge in [-0.1, -0.05) is 0 Å². The Morgan fingerprint density at radius 3 is 1.38 bits per heavy atom. The fourth-order valence-corrected chi connectivity index (χ4v) is 0.612. The van der Waals surface area contributed by atoms with Gasteiger partial charge in [0.05, 0.1) is 0 Å². The van der Waals surface area contributed by atoms with Crippen molar-refractivity contribution in [2.75, 3.05) is 0 Å². The number of hydrogen-bond acceptors (Lipinski definition) is 5. The van der Waals surface area contributed by atoms with Gasteiger partial charge in [0.1, 0.15) is 16.5 Å². The largest absolute Gasteiger partial charge is 2.00 e. The summed E-state index contributed by atoms with van der Waals surface area (Å²) in [4.78, 5) is 18.6. The van der Waals surface area contributed by atoms with E-state index in [0.717, 1.165) is 0 Å². The summed E-state index contributed by atoms with van der Waals surface area (Å²) >= 11 is 0. The molecule has 2 atom stereocenters. The van der Waals surface area contributed by atoms with Gasteiger partial charge in [-0.3, -0.25) is 4.31 Å². The van der Waals surface area contributed by atoms with E-state index in [9.17, 15) is 18.9 Å². The maximum atomic E-state index is 9.29. The molecular formula is H2O5P2Pt. The quantitative estimate of drug-likeness (QED) is 0.572. The molecule has 0 saturated carbocycles. The molecule has 0 amide bonds. The molecular weight excluding hydrogens is 337 g/mol. The fraction of sp³-hybridized carbons (Fsp3) is 0. The van der Waals surface area contributed by atoms with Crippen molar-refractivity contribution >= 4 is 16.5 Å². The summed E-state index contributed by atoms with van der Waals surface area (Å²) in [6.45, 7) is 0. The van der Waals surface area contributed by atoms with Gasteiger partial charge in [0, 0.05) is 0 Å². The first-order chi connectivity index (χ1) is 3.13. The normalized spacial score (nSPS) is 16.2. The Morgan fingerprint density at radius 1 is 1.12 bits per heavy atom. The molecule has 0 spiro atoms. The molecule has 0 aromatic carbocycles. The van der Waals surface area contributed by atoms with Crippen LogP contribution in [0, 0.1) is 0 Å². The smallest absolute Gasteiger partial charge is 0.781 e. The topological polar surface area (TPSA) is 89.5 Å². The van der Waals surface area contributed by atoms with E-state index in [1.807, 2.05) is 0 Å². The fourth-order valence-electron chi connectivity index (χ4n) is 0.0680. The molecule has 0 aromatic rings. The summed E-state index contributed by atoms with van der Waals surface area (Å²) in [7, 11) is -7.03. The van der Waals surface area contributed by atoms with Crippen LogP contribution < -0.4 is 9.79 Å². The summed E-state index contributed by atoms with van der Waals surface area (Å²) in [5.74, 6) is 0. The van der Waals surface area contributed by atoms with Crippen molar-refractivity contribution in [3.63, 3.8) is 0 Å². The van der Waals surface area contributed by atoms with Crippen molar-refractivity contribution in [1.29, 1.82) is 0 Å². The van der Waals surface area contributed by atoms with Crippen molar-refractivity contribution in [3.8, 4) is 0 Å². The van der Waals surface area contributed by atoms with E-state index in [0.29, 0.717) is 0 Å². The minimum absolute atomic E-state index is 0. The second kappa shape index (κ2) is 6.15. The van der Waals surface area contributed by atoms with E-state index in [-0.39, 0.29) is 21.1 Å². The second-order valence-corrected chi connectivity index (χ2v) is 2.42. The van der Waals surface area contributed by atoms with E-state index < -0.39 is 16.5 Å². The van der Waals surface area contributed by atoms with Gasteiger partial charge in [-0.05, 0) is 0 Å². The van der Waals surface area contributed by atoms with Crippen LogP contribution in [0.4, 0.5) is 0 Å². The maximum absolute atomic E-state index is 9.29. The number of hydrogen-bond donors (Lipinski definition) is 0. The molecule has 0 rings (SSSR count). The van der Waals surface area contributed by atoms with Crippen molar-refractivity contribution in [3.05, 3.63) is 0 Å². The summed E-state index contributed by atoms with van der Waals surface area (Å²) in [6.07, 6.45) is 0. The van der Waals surface area contributed by atoms with Crippen molar-refractivity contribution in [2.45, 2.75) is 0 Å². The van der Waals surface area contributed by atoms with E-state index >= 15 is 0 Å². The van der Waals surface area contributed by atoms with Crippen LogP contribution >= 0.6 is 16.5 Å². The second-order valence-electron chi connectivity index (χ2n) is 0.602. The molecule has 52 valence electrons. The molecule has 0 fully saturated rings. The van der Waals surface area contributed by atoms with Gasteiger partial charge in [0.2, 0.25) is 0 Å². The van der Waals surface area contributed by atoms with Gasteiger partial charge in [-0.2, -0.15) is 0 Å². The predicted octanol–water partition coefficient (Wildman–Crippen LogP) is -1.50. The summed E-state index contributed by atoms with van der Waals surface area (Å²) < 4.78 is 21.8. The first-order valence-corrected chi connectivity index (χ1v) is 3.67. The van der Waals surface area contributed by atoms with E-state index in [2.05, 4.69) is 4.31 Å². The molecule has 5 nitrogen and oxygen atoms in total. The molecule has 0 N–H and O–H groups in total. The van der Waals surface area contributed by atoms with Crippen molar-refractivity contribution < 1.29 is 44.3 Å². The molecule has 0 aromatic heterocycles. The zero-order valence-corrected chi connectivity index (χ0v) is 7.63. The van der Waals surface area contributed by atoms with Crippen LogP contribution in [0.2, 0.25) is 0 Å². The van der Waals surface area contributed by atoms with Crippen LogP contribution in [-0.2, 0) is 34.5 Å². The van der Waals surface area contributed by atoms with Crippen LogP contribution in [0.3, 0.4) is 0 Å². The molecule has 0 saturated heterocycles. The zero-order valence-electron chi connectivity index (χ0n) is 3.36. The SMILES string of the molecule is O=[PH]([O-])O[PH](=O)[O-].[Pt+2]. The monoisotopic (exact) mass is 339 g/mol. The third kappa shape index (κ3) is 10.1. The standard InChI is InChI=1S/H4O5P2.Pt/c1-6(2)5-7(3)4;/h6-7H,(H,1,2)(H,3,4);/q;+2/p-2. The molecule has 8 heavy (non-hydrogen) atoms. The summed E-state index contributed by atoms with van der Waals surface area (Å²) in [5.41, 5.74) is 0. The molecule has 2 unspecified atom stereocenters. The van der Waals surface area contributed by atoms with Gasteiger partial charge >= 0.3 is 21.1 Å². The third-order valence-corrected chi connectivity index (χ3v) is 1.50. The molecule has 0 aliphatic carbocycles. The van der Waals surface area contributed by atoms with Crippen molar-refractivity contribution in [2.24, 2.45) is 0 Å². The Labute approximate surface area is 61.2 Å². The summed E-state index contributed by atoms with van der Waals surface area (Å²) in [5, 5.41) is 0. The van der Waals surface area contributed by atoms with Gasteiger partial charge in [-0.15, -0.1) is 0 Å². The zero-order chi connectivity index (χ0) is 5.86. The molecule has 8 heteroatoms. The van der Waals surface area contributed by atoms with Gasteiger partial charge in [-0.25, -0.2) is 0 Å². The van der Waals surface area contributed by atoms with Gasteiger partial charge < -0.3 is 18.9 Å². The van der Waals surface area contributed by atoms with E-state index in [1.54, 1.807) is 0 Å². The maximum Gasteiger partial charge on any atom is 2.00 e. The first-order valence-electron chi connectivity index (χ1n) is 1.22. The predicted molar refractivity (Wildman–Crippen MR) is 19.1 cm³/mol. The van der Waals surface area contributed by atoms with Crippen LogP contribution in [0.25, 0.3) is 0 Å². The Morgan fingerprint density at radius 2 is 1.38 bits per heavy atom. The Balaban J connectivity index is 0. The van der Waals surface area contributed by atoms with Crippen LogP contribution in [0.5, 0.6) is 0 Å². The van der Waals surface area contributed by atoms with E-state index in [4.69, 9.17) is 0 Å². The molecule has 0 aliphatic rings. The molecule has 0 heterocycles. The minimum atomic E-state index is -3.51. The number of rotatable bonds is 2. The van der Waals surface area contributed by atoms with Crippen LogP contribution in [-0.4, -0.2) is 0 Å². The Hall–Kier alpha value is 1.03. The van der Waals surface area contributed by atoms with Gasteiger partial charge in [0.25, 0.3) is 0 Å². The first kappa shape index (κ1) is 11.8. The van der Waals surface area contributed by atoms with Crippen molar-refractivity contribution in [1.82, 2.24) is 0 Å². The molecule has 0 radical (unpaired) electrons. The third-order valence-electron chi connectivity index (χ3n) is 0.167. The Bertz CT molecular complexity index is 86.6. The van der Waals surface area contributed by atoms with Crippen LogP contribution in [0.15, 0.2) is 0 Å². The molecule has 0 bridgehead atoms. The summed E-state index contributed by atoms with van der Waals surface area (Å²) in [6, 6.07) is 0.